The van der Waals surface area contributed by atoms with E-state index < -0.39 is 0 Å². The first-order valence-corrected chi connectivity index (χ1v) is 7.29. The summed E-state index contributed by atoms with van der Waals surface area (Å²) in [6.07, 6.45) is 10.3. The van der Waals surface area contributed by atoms with Crippen LogP contribution < -0.4 is 5.73 Å². The normalized spacial score (nSPS) is 14.6. The van der Waals surface area contributed by atoms with E-state index in [0.29, 0.717) is 5.56 Å². The van der Waals surface area contributed by atoms with Crippen molar-refractivity contribution >= 4 is 11.5 Å². The molecule has 21 heavy (non-hydrogen) atoms. The lowest BCUT2D eigenvalue weighted by molar-refractivity contribution is 0.1000. The van der Waals surface area contributed by atoms with Crippen LogP contribution in [-0.4, -0.2) is 10.9 Å². The highest BCUT2D eigenvalue weighted by atomic mass is 16.1. The molecule has 1 amide bonds. The molecule has 0 saturated carbocycles. The van der Waals surface area contributed by atoms with Crippen LogP contribution in [0.1, 0.15) is 41.6 Å². The maximum absolute atomic E-state index is 11.7. The summed E-state index contributed by atoms with van der Waals surface area (Å²) in [5, 5.41) is 0. The minimum absolute atomic E-state index is 0.366. The van der Waals surface area contributed by atoms with Crippen LogP contribution in [0.5, 0.6) is 0 Å². The summed E-state index contributed by atoms with van der Waals surface area (Å²) < 4.78 is 0. The Morgan fingerprint density at radius 2 is 2.05 bits per heavy atom. The monoisotopic (exact) mass is 278 g/mol. The van der Waals surface area contributed by atoms with Gasteiger partial charge in [0.1, 0.15) is 0 Å². The molecule has 1 aromatic carbocycles. The Bertz CT molecular complexity index is 690. The fourth-order valence-corrected chi connectivity index (χ4v) is 2.82. The van der Waals surface area contributed by atoms with E-state index in [1.54, 1.807) is 6.20 Å². The highest BCUT2D eigenvalue weighted by Gasteiger charge is 2.15. The van der Waals surface area contributed by atoms with E-state index in [1.165, 1.54) is 18.4 Å². The third kappa shape index (κ3) is 2.87. The van der Waals surface area contributed by atoms with Gasteiger partial charge in [0.05, 0.1) is 0 Å². The second-order valence-corrected chi connectivity index (χ2v) is 5.34. The van der Waals surface area contributed by atoms with Crippen LogP contribution in [0.25, 0.3) is 16.7 Å². The largest absolute Gasteiger partial charge is 0.366 e. The van der Waals surface area contributed by atoms with Crippen LogP contribution in [0, 0.1) is 0 Å². The molecule has 0 unspecified atom stereocenters. The van der Waals surface area contributed by atoms with Crippen molar-refractivity contribution in [2.75, 3.05) is 0 Å². The molecular formula is C18H18N2O. The first kappa shape index (κ1) is 13.6. The number of hydrogen-bond acceptors (Lipinski definition) is 2. The summed E-state index contributed by atoms with van der Waals surface area (Å²) in [6, 6.07) is 9.76. The van der Waals surface area contributed by atoms with Crippen molar-refractivity contribution in [1.82, 2.24) is 4.98 Å². The summed E-state index contributed by atoms with van der Waals surface area (Å²) in [5.41, 5.74) is 10.5. The van der Waals surface area contributed by atoms with Gasteiger partial charge in [0.25, 0.3) is 0 Å². The van der Waals surface area contributed by atoms with Crippen molar-refractivity contribution in [2.24, 2.45) is 5.73 Å². The number of amides is 1. The minimum Gasteiger partial charge on any atom is -0.366 e. The maximum Gasteiger partial charge on any atom is 0.249 e. The van der Waals surface area contributed by atoms with Crippen LogP contribution in [-0.2, 0) is 0 Å². The molecule has 1 heterocycles. The van der Waals surface area contributed by atoms with Crippen molar-refractivity contribution in [2.45, 2.75) is 25.7 Å². The van der Waals surface area contributed by atoms with E-state index in [9.17, 15) is 4.79 Å². The van der Waals surface area contributed by atoms with Crippen LogP contribution in [0.3, 0.4) is 0 Å². The third-order valence-electron chi connectivity index (χ3n) is 3.92. The number of allylic oxidation sites excluding steroid dienone is 2. The molecule has 0 atom stereocenters. The van der Waals surface area contributed by atoms with Crippen molar-refractivity contribution in [3.63, 3.8) is 0 Å². The second-order valence-electron chi connectivity index (χ2n) is 5.34. The van der Waals surface area contributed by atoms with Crippen molar-refractivity contribution in [3.05, 3.63) is 59.9 Å². The number of aromatic nitrogens is 1. The Hall–Kier alpha value is -2.42. The molecular weight excluding hydrogens is 260 g/mol. The van der Waals surface area contributed by atoms with Gasteiger partial charge < -0.3 is 5.73 Å². The number of carbonyl (C=O) groups is 1. The molecule has 3 rings (SSSR count). The number of benzene rings is 1. The summed E-state index contributed by atoms with van der Waals surface area (Å²) >= 11 is 0. The molecule has 1 aliphatic rings. The average molecular weight is 278 g/mol. The molecule has 0 aliphatic heterocycles. The van der Waals surface area contributed by atoms with E-state index in [0.717, 1.165) is 29.5 Å². The Morgan fingerprint density at radius 1 is 1.14 bits per heavy atom. The zero-order valence-electron chi connectivity index (χ0n) is 11.9. The van der Waals surface area contributed by atoms with E-state index in [2.05, 4.69) is 17.1 Å². The number of nitrogens with zero attached hydrogens (tertiary/aromatic N) is 1. The van der Waals surface area contributed by atoms with Crippen molar-refractivity contribution in [3.8, 4) is 11.1 Å². The van der Waals surface area contributed by atoms with Crippen LogP contribution in [0.15, 0.2) is 48.8 Å². The number of pyridine rings is 1. The molecule has 0 radical (unpaired) electrons. The van der Waals surface area contributed by atoms with Gasteiger partial charge in [-0.1, -0.05) is 18.2 Å². The lowest BCUT2D eigenvalue weighted by Crippen LogP contribution is -2.14. The van der Waals surface area contributed by atoms with E-state index in [4.69, 9.17) is 5.73 Å². The number of nitrogens with two attached hydrogens (primary N) is 1. The number of primary amides is 1. The van der Waals surface area contributed by atoms with Gasteiger partial charge in [-0.15, -0.1) is 0 Å². The van der Waals surface area contributed by atoms with Gasteiger partial charge in [0.2, 0.25) is 5.91 Å². The number of rotatable bonds is 3. The smallest absolute Gasteiger partial charge is 0.249 e. The highest BCUT2D eigenvalue weighted by molar-refractivity contribution is 5.99. The molecule has 3 heteroatoms. The summed E-state index contributed by atoms with van der Waals surface area (Å²) in [5.74, 6) is -0.366. The zero-order chi connectivity index (χ0) is 14.7. The topological polar surface area (TPSA) is 56.0 Å². The van der Waals surface area contributed by atoms with E-state index in [-0.39, 0.29) is 5.91 Å². The molecule has 1 aromatic heterocycles. The van der Waals surface area contributed by atoms with Crippen molar-refractivity contribution in [1.29, 1.82) is 0 Å². The number of hydrogen-bond donors (Lipinski definition) is 1. The summed E-state index contributed by atoms with van der Waals surface area (Å²) in [7, 11) is 0. The molecule has 1 aliphatic carbocycles. The predicted molar refractivity (Wildman–Crippen MR) is 84.6 cm³/mol. The van der Waals surface area contributed by atoms with Gasteiger partial charge >= 0.3 is 0 Å². The molecule has 0 bridgehead atoms. The van der Waals surface area contributed by atoms with Crippen molar-refractivity contribution < 1.29 is 4.79 Å². The zero-order valence-corrected chi connectivity index (χ0v) is 11.9. The predicted octanol–water partition coefficient (Wildman–Crippen LogP) is 3.80. The SMILES string of the molecule is NC(=O)c1ccc(-c2cccnc2)cc1C1=CCCCC1. The Balaban J connectivity index is 2.10. The van der Waals surface area contributed by atoms with Gasteiger partial charge in [-0.05, 0) is 60.6 Å². The van der Waals surface area contributed by atoms with Gasteiger partial charge in [0.15, 0.2) is 0 Å². The fraction of sp³-hybridized carbons (Fsp3) is 0.222. The molecule has 2 aromatic rings. The molecule has 3 nitrogen and oxygen atoms in total. The Kier molecular flexibility index (Phi) is 3.82. The third-order valence-corrected chi connectivity index (χ3v) is 3.92. The first-order valence-electron chi connectivity index (χ1n) is 7.29. The fourth-order valence-electron chi connectivity index (χ4n) is 2.82. The van der Waals surface area contributed by atoms with Gasteiger partial charge in [-0.2, -0.15) is 0 Å². The summed E-state index contributed by atoms with van der Waals surface area (Å²) in [4.78, 5) is 15.8. The van der Waals surface area contributed by atoms with E-state index in [1.807, 2.05) is 30.5 Å². The van der Waals surface area contributed by atoms with Crippen LogP contribution >= 0.6 is 0 Å². The van der Waals surface area contributed by atoms with Gasteiger partial charge in [-0.25, -0.2) is 0 Å². The standard InChI is InChI=1S/C18H18N2O/c19-18(21)16-9-8-14(15-7-4-10-20-12-15)11-17(16)13-5-2-1-3-6-13/h4-5,7-12H,1-3,6H2,(H2,19,21). The van der Waals surface area contributed by atoms with E-state index >= 15 is 0 Å². The second kappa shape index (κ2) is 5.92. The van der Waals surface area contributed by atoms with Gasteiger partial charge in [0, 0.05) is 23.5 Å². The lowest BCUT2D eigenvalue weighted by atomic mass is 9.88. The van der Waals surface area contributed by atoms with Crippen LogP contribution in [0.2, 0.25) is 0 Å². The first-order chi connectivity index (χ1) is 10.3. The lowest BCUT2D eigenvalue weighted by Gasteiger charge is -2.16. The Labute approximate surface area is 124 Å². The quantitative estimate of drug-likeness (QED) is 0.928. The molecule has 0 fully saturated rings. The molecule has 2 N–H and O–H groups in total. The Morgan fingerprint density at radius 3 is 2.71 bits per heavy atom. The van der Waals surface area contributed by atoms with Gasteiger partial charge in [-0.3, -0.25) is 9.78 Å². The minimum atomic E-state index is -0.366. The highest BCUT2D eigenvalue weighted by Crippen LogP contribution is 2.32. The maximum atomic E-state index is 11.7. The molecule has 106 valence electrons. The number of carbonyl (C=O) groups excluding carboxylic acids is 1. The summed E-state index contributed by atoms with van der Waals surface area (Å²) in [6.45, 7) is 0. The average Bonchev–Trinajstić information content (AvgIpc) is 2.56. The molecule has 0 saturated heterocycles. The van der Waals surface area contributed by atoms with Crippen LogP contribution in [0.4, 0.5) is 0 Å². The molecule has 0 spiro atoms.